The molecule has 0 fully saturated rings. The number of likely N-dealkylation sites (N-methyl/N-ethyl adjacent to an activating group) is 1. The smallest absolute Gasteiger partial charge is 0.209 e. The van der Waals surface area contributed by atoms with Gasteiger partial charge in [0, 0.05) is 7.05 Å². The van der Waals surface area contributed by atoms with Crippen molar-refractivity contribution in [2.75, 3.05) is 20.2 Å². The lowest BCUT2D eigenvalue weighted by Crippen LogP contribution is -2.22. The standard InChI is InChI=1S/C10H12FNO2/c1-12(8-13)6-7-14-10-5-3-2-4-9(10)11/h2-5,8H,6-7H2,1H3. The summed E-state index contributed by atoms with van der Waals surface area (Å²) < 4.78 is 18.1. The average molecular weight is 197 g/mol. The molecule has 0 radical (unpaired) electrons. The van der Waals surface area contributed by atoms with Crippen molar-refractivity contribution in [1.82, 2.24) is 4.90 Å². The van der Waals surface area contributed by atoms with E-state index in [9.17, 15) is 9.18 Å². The molecule has 0 atom stereocenters. The van der Waals surface area contributed by atoms with Gasteiger partial charge < -0.3 is 9.64 Å². The molecular formula is C10H12FNO2. The molecule has 1 rings (SSSR count). The van der Waals surface area contributed by atoms with E-state index >= 15 is 0 Å². The number of hydrogen-bond acceptors (Lipinski definition) is 2. The van der Waals surface area contributed by atoms with Gasteiger partial charge in [0.05, 0.1) is 6.54 Å². The number of benzene rings is 1. The molecule has 14 heavy (non-hydrogen) atoms. The van der Waals surface area contributed by atoms with E-state index in [1.54, 1.807) is 25.2 Å². The third-order valence-corrected chi connectivity index (χ3v) is 1.72. The zero-order chi connectivity index (χ0) is 10.4. The Morgan fingerprint density at radius 3 is 2.86 bits per heavy atom. The van der Waals surface area contributed by atoms with Crippen LogP contribution in [0.1, 0.15) is 0 Å². The second-order valence-corrected chi connectivity index (χ2v) is 2.86. The van der Waals surface area contributed by atoms with Gasteiger partial charge in [0.15, 0.2) is 11.6 Å². The molecule has 1 aromatic carbocycles. The molecule has 0 aliphatic heterocycles. The zero-order valence-electron chi connectivity index (χ0n) is 7.94. The predicted molar refractivity (Wildman–Crippen MR) is 50.6 cm³/mol. The van der Waals surface area contributed by atoms with Crippen molar-refractivity contribution in [3.05, 3.63) is 30.1 Å². The van der Waals surface area contributed by atoms with Crippen LogP contribution in [0.2, 0.25) is 0 Å². The number of rotatable bonds is 5. The van der Waals surface area contributed by atoms with Crippen LogP contribution in [0.4, 0.5) is 4.39 Å². The molecule has 0 heterocycles. The van der Waals surface area contributed by atoms with Gasteiger partial charge in [-0.15, -0.1) is 0 Å². The van der Waals surface area contributed by atoms with E-state index in [1.165, 1.54) is 11.0 Å². The minimum absolute atomic E-state index is 0.215. The van der Waals surface area contributed by atoms with Crippen LogP contribution in [0.3, 0.4) is 0 Å². The molecule has 0 N–H and O–H groups in total. The third kappa shape index (κ3) is 3.05. The average Bonchev–Trinajstić information content (AvgIpc) is 2.20. The van der Waals surface area contributed by atoms with Crippen LogP contribution in [0.25, 0.3) is 0 Å². The number of halogens is 1. The summed E-state index contributed by atoms with van der Waals surface area (Å²) in [5.41, 5.74) is 0. The van der Waals surface area contributed by atoms with Gasteiger partial charge in [-0.25, -0.2) is 4.39 Å². The lowest BCUT2D eigenvalue weighted by Gasteiger charge is -2.11. The fourth-order valence-corrected chi connectivity index (χ4v) is 0.914. The van der Waals surface area contributed by atoms with E-state index in [0.717, 1.165) is 0 Å². The number of amides is 1. The summed E-state index contributed by atoms with van der Waals surface area (Å²) in [5.74, 6) is -0.173. The maximum Gasteiger partial charge on any atom is 0.209 e. The lowest BCUT2D eigenvalue weighted by molar-refractivity contribution is -0.117. The van der Waals surface area contributed by atoms with Gasteiger partial charge in [-0.2, -0.15) is 0 Å². The van der Waals surface area contributed by atoms with Crippen molar-refractivity contribution < 1.29 is 13.9 Å². The number of ether oxygens (including phenoxy) is 1. The molecule has 0 saturated heterocycles. The molecule has 3 nitrogen and oxygen atoms in total. The quantitative estimate of drug-likeness (QED) is 0.666. The Kier molecular flexibility index (Phi) is 3.91. The molecule has 1 amide bonds. The van der Waals surface area contributed by atoms with Gasteiger partial charge in [-0.05, 0) is 12.1 Å². The lowest BCUT2D eigenvalue weighted by atomic mass is 10.3. The minimum Gasteiger partial charge on any atom is -0.489 e. The normalized spacial score (nSPS) is 9.57. The predicted octanol–water partition coefficient (Wildman–Crippen LogP) is 1.29. The van der Waals surface area contributed by atoms with Crippen molar-refractivity contribution in [2.45, 2.75) is 0 Å². The van der Waals surface area contributed by atoms with E-state index < -0.39 is 0 Å². The van der Waals surface area contributed by atoms with E-state index in [2.05, 4.69) is 0 Å². The van der Waals surface area contributed by atoms with Gasteiger partial charge in [0.2, 0.25) is 6.41 Å². The van der Waals surface area contributed by atoms with Crippen molar-refractivity contribution >= 4 is 6.41 Å². The number of carbonyl (C=O) groups excluding carboxylic acids is 1. The fraction of sp³-hybridized carbons (Fsp3) is 0.300. The van der Waals surface area contributed by atoms with Crippen molar-refractivity contribution in [1.29, 1.82) is 0 Å². The summed E-state index contributed by atoms with van der Waals surface area (Å²) in [6.07, 6.45) is 0.699. The molecule has 1 aromatic rings. The Morgan fingerprint density at radius 1 is 1.50 bits per heavy atom. The van der Waals surface area contributed by atoms with Crippen LogP contribution >= 0.6 is 0 Å². The molecule has 4 heteroatoms. The highest BCUT2D eigenvalue weighted by Gasteiger charge is 2.01. The van der Waals surface area contributed by atoms with Crippen LogP contribution in [0, 0.1) is 5.82 Å². The van der Waals surface area contributed by atoms with Crippen molar-refractivity contribution in [2.24, 2.45) is 0 Å². The van der Waals surface area contributed by atoms with Crippen LogP contribution in [-0.4, -0.2) is 31.5 Å². The van der Waals surface area contributed by atoms with Crippen LogP contribution in [0.5, 0.6) is 5.75 Å². The first-order chi connectivity index (χ1) is 6.74. The second-order valence-electron chi connectivity index (χ2n) is 2.86. The molecule has 0 bridgehead atoms. The Labute approximate surface area is 82.1 Å². The van der Waals surface area contributed by atoms with Gasteiger partial charge >= 0.3 is 0 Å². The summed E-state index contributed by atoms with van der Waals surface area (Å²) in [4.78, 5) is 11.6. The first-order valence-corrected chi connectivity index (χ1v) is 4.27. The van der Waals surface area contributed by atoms with E-state index in [4.69, 9.17) is 4.74 Å². The van der Waals surface area contributed by atoms with Gasteiger partial charge in [0.25, 0.3) is 0 Å². The first-order valence-electron chi connectivity index (χ1n) is 4.27. The summed E-state index contributed by atoms with van der Waals surface area (Å²) in [5, 5.41) is 0. The second kappa shape index (κ2) is 5.21. The summed E-state index contributed by atoms with van der Waals surface area (Å²) in [6, 6.07) is 6.18. The maximum absolute atomic E-state index is 13.0. The third-order valence-electron chi connectivity index (χ3n) is 1.72. The number of hydrogen-bond donors (Lipinski definition) is 0. The van der Waals surface area contributed by atoms with Crippen LogP contribution < -0.4 is 4.74 Å². The molecule has 76 valence electrons. The van der Waals surface area contributed by atoms with E-state index in [-0.39, 0.29) is 18.2 Å². The molecule has 0 saturated carbocycles. The Balaban J connectivity index is 2.38. The fourth-order valence-electron chi connectivity index (χ4n) is 0.914. The van der Waals surface area contributed by atoms with E-state index in [1.807, 2.05) is 0 Å². The number of carbonyl (C=O) groups is 1. The number of nitrogens with zero attached hydrogens (tertiary/aromatic N) is 1. The molecule has 0 aromatic heterocycles. The maximum atomic E-state index is 13.0. The van der Waals surface area contributed by atoms with Gasteiger partial charge in [0.1, 0.15) is 6.61 Å². The van der Waals surface area contributed by atoms with Crippen LogP contribution in [-0.2, 0) is 4.79 Å². The highest BCUT2D eigenvalue weighted by Crippen LogP contribution is 2.14. The van der Waals surface area contributed by atoms with Gasteiger partial charge in [-0.3, -0.25) is 4.79 Å². The van der Waals surface area contributed by atoms with Crippen molar-refractivity contribution in [3.8, 4) is 5.75 Å². The SMILES string of the molecule is CN(C=O)CCOc1ccccc1F. The molecule has 0 aliphatic carbocycles. The largest absolute Gasteiger partial charge is 0.489 e. The molecular weight excluding hydrogens is 185 g/mol. The summed E-state index contributed by atoms with van der Waals surface area (Å²) in [7, 11) is 1.64. The highest BCUT2D eigenvalue weighted by atomic mass is 19.1. The molecule has 0 aliphatic rings. The summed E-state index contributed by atoms with van der Waals surface area (Å²) in [6.45, 7) is 0.730. The Hall–Kier alpha value is -1.58. The Bertz CT molecular complexity index is 304. The topological polar surface area (TPSA) is 29.5 Å². The highest BCUT2D eigenvalue weighted by molar-refractivity contribution is 5.46. The van der Waals surface area contributed by atoms with Gasteiger partial charge in [-0.1, -0.05) is 12.1 Å². The van der Waals surface area contributed by atoms with Crippen LogP contribution in [0.15, 0.2) is 24.3 Å². The monoisotopic (exact) mass is 197 g/mol. The minimum atomic E-state index is -0.388. The number of para-hydroxylation sites is 1. The molecule has 0 unspecified atom stereocenters. The molecule has 0 spiro atoms. The summed E-state index contributed by atoms with van der Waals surface area (Å²) >= 11 is 0. The van der Waals surface area contributed by atoms with E-state index in [0.29, 0.717) is 13.0 Å². The van der Waals surface area contributed by atoms with Crippen molar-refractivity contribution in [3.63, 3.8) is 0 Å². The first kappa shape index (κ1) is 10.5. The Morgan fingerprint density at radius 2 is 2.21 bits per heavy atom. The zero-order valence-corrected chi connectivity index (χ0v) is 7.94.